The molecule has 0 spiro atoms. The van der Waals surface area contributed by atoms with E-state index in [1.165, 1.54) is 0 Å². The fourth-order valence-electron chi connectivity index (χ4n) is 3.01. The first kappa shape index (κ1) is 14.0. The van der Waals surface area contributed by atoms with Crippen molar-refractivity contribution < 1.29 is 14.6 Å². The molecule has 2 aromatic heterocycles. The van der Waals surface area contributed by atoms with Gasteiger partial charge in [-0.15, -0.1) is 0 Å². The molecule has 0 saturated carbocycles. The SMILES string of the molecule is Cc1nc2c3c(ccn2c1C)C(=O)[C@H](O)[C@@H](c1ccccc1)O3. The van der Waals surface area contributed by atoms with E-state index in [-0.39, 0.29) is 5.78 Å². The van der Waals surface area contributed by atoms with E-state index >= 15 is 0 Å². The summed E-state index contributed by atoms with van der Waals surface area (Å²) >= 11 is 0. The molecule has 1 N–H and O–H groups in total. The normalized spacial score (nSPS) is 20.4. The monoisotopic (exact) mass is 308 g/mol. The average Bonchev–Trinajstić information content (AvgIpc) is 2.86. The molecule has 0 aliphatic carbocycles. The van der Waals surface area contributed by atoms with Crippen LogP contribution in [-0.4, -0.2) is 26.4 Å². The van der Waals surface area contributed by atoms with Gasteiger partial charge in [-0.1, -0.05) is 30.3 Å². The van der Waals surface area contributed by atoms with Crippen LogP contribution in [0.4, 0.5) is 0 Å². The van der Waals surface area contributed by atoms with Crippen molar-refractivity contribution in [1.29, 1.82) is 0 Å². The summed E-state index contributed by atoms with van der Waals surface area (Å²) in [5, 5.41) is 10.4. The van der Waals surface area contributed by atoms with E-state index in [0.717, 1.165) is 17.0 Å². The van der Waals surface area contributed by atoms with E-state index < -0.39 is 12.2 Å². The first-order valence-corrected chi connectivity index (χ1v) is 7.50. The Hall–Kier alpha value is -2.66. The van der Waals surface area contributed by atoms with Gasteiger partial charge in [0.2, 0.25) is 0 Å². The minimum absolute atomic E-state index is 0.332. The van der Waals surface area contributed by atoms with Crippen molar-refractivity contribution in [2.45, 2.75) is 26.1 Å². The molecular weight excluding hydrogens is 292 g/mol. The molecule has 1 aliphatic rings. The summed E-state index contributed by atoms with van der Waals surface area (Å²) in [5.41, 5.74) is 3.64. The highest BCUT2D eigenvalue weighted by Crippen LogP contribution is 2.38. The number of aliphatic hydroxyl groups excluding tert-OH is 1. The Morgan fingerprint density at radius 3 is 2.65 bits per heavy atom. The highest BCUT2D eigenvalue weighted by atomic mass is 16.5. The third-order valence-corrected chi connectivity index (χ3v) is 4.42. The molecule has 2 atom stereocenters. The molecule has 4 rings (SSSR count). The Labute approximate surface area is 133 Å². The van der Waals surface area contributed by atoms with Crippen molar-refractivity contribution in [1.82, 2.24) is 9.38 Å². The summed E-state index contributed by atoms with van der Waals surface area (Å²) in [5.74, 6) is 0.105. The zero-order chi connectivity index (χ0) is 16.1. The molecule has 0 radical (unpaired) electrons. The first-order chi connectivity index (χ1) is 11.1. The summed E-state index contributed by atoms with van der Waals surface area (Å²) in [4.78, 5) is 17.1. The summed E-state index contributed by atoms with van der Waals surface area (Å²) in [7, 11) is 0. The highest BCUT2D eigenvalue weighted by molar-refractivity contribution is 6.04. The number of fused-ring (bicyclic) bond motifs is 3. The van der Waals surface area contributed by atoms with Crippen LogP contribution in [0.1, 0.15) is 33.4 Å². The maximum absolute atomic E-state index is 12.6. The number of hydrogen-bond acceptors (Lipinski definition) is 4. The molecule has 0 amide bonds. The number of imidazole rings is 1. The van der Waals surface area contributed by atoms with Crippen LogP contribution in [0.25, 0.3) is 5.65 Å². The van der Waals surface area contributed by atoms with Crippen molar-refractivity contribution >= 4 is 11.4 Å². The number of benzene rings is 1. The van der Waals surface area contributed by atoms with Gasteiger partial charge in [0, 0.05) is 11.9 Å². The number of aliphatic hydroxyl groups is 1. The average molecular weight is 308 g/mol. The molecule has 0 fully saturated rings. The van der Waals surface area contributed by atoms with Gasteiger partial charge in [-0.25, -0.2) is 4.98 Å². The third kappa shape index (κ3) is 1.97. The molecule has 0 unspecified atom stereocenters. The number of nitrogens with zero attached hydrogens (tertiary/aromatic N) is 2. The molecule has 3 heterocycles. The Kier molecular flexibility index (Phi) is 2.99. The summed E-state index contributed by atoms with van der Waals surface area (Å²) in [6.45, 7) is 3.89. The lowest BCUT2D eigenvalue weighted by Crippen LogP contribution is -2.36. The van der Waals surface area contributed by atoms with Crippen LogP contribution in [0.2, 0.25) is 0 Å². The van der Waals surface area contributed by atoms with Crippen LogP contribution in [0.5, 0.6) is 5.75 Å². The second-order valence-corrected chi connectivity index (χ2v) is 5.79. The number of aryl methyl sites for hydroxylation is 2. The lowest BCUT2D eigenvalue weighted by molar-refractivity contribution is 0.0221. The first-order valence-electron chi connectivity index (χ1n) is 7.50. The second kappa shape index (κ2) is 4.93. The number of ether oxygens (including phenoxy) is 1. The van der Waals surface area contributed by atoms with Crippen LogP contribution in [-0.2, 0) is 0 Å². The van der Waals surface area contributed by atoms with Crippen molar-refractivity contribution in [2.24, 2.45) is 0 Å². The lowest BCUT2D eigenvalue weighted by atomic mass is 9.94. The van der Waals surface area contributed by atoms with Crippen LogP contribution in [0, 0.1) is 13.8 Å². The van der Waals surface area contributed by atoms with E-state index in [1.807, 2.05) is 48.6 Å². The number of Topliss-reactive ketones (excluding diaryl/α,β-unsaturated/α-hetero) is 1. The van der Waals surface area contributed by atoms with Gasteiger partial charge in [0.05, 0.1) is 11.3 Å². The van der Waals surface area contributed by atoms with Gasteiger partial charge < -0.3 is 14.2 Å². The summed E-state index contributed by atoms with van der Waals surface area (Å²) in [6, 6.07) is 11.0. The number of carbonyl (C=O) groups is 1. The predicted molar refractivity (Wildman–Crippen MR) is 84.8 cm³/mol. The molecule has 1 aromatic carbocycles. The van der Waals surface area contributed by atoms with E-state index in [9.17, 15) is 9.90 Å². The van der Waals surface area contributed by atoms with Gasteiger partial charge in [0.25, 0.3) is 0 Å². The van der Waals surface area contributed by atoms with Crippen molar-refractivity contribution in [2.75, 3.05) is 0 Å². The van der Waals surface area contributed by atoms with E-state index in [4.69, 9.17) is 4.74 Å². The molecule has 5 nitrogen and oxygen atoms in total. The van der Waals surface area contributed by atoms with Crippen LogP contribution in [0.15, 0.2) is 42.6 Å². The van der Waals surface area contributed by atoms with Crippen molar-refractivity contribution in [3.63, 3.8) is 0 Å². The lowest BCUT2D eigenvalue weighted by Gasteiger charge is -2.29. The van der Waals surface area contributed by atoms with Crippen LogP contribution >= 0.6 is 0 Å². The number of ketones is 1. The minimum Gasteiger partial charge on any atom is -0.478 e. The highest BCUT2D eigenvalue weighted by Gasteiger charge is 2.38. The van der Waals surface area contributed by atoms with E-state index in [1.54, 1.807) is 12.3 Å². The topological polar surface area (TPSA) is 63.8 Å². The van der Waals surface area contributed by atoms with Crippen LogP contribution in [0.3, 0.4) is 0 Å². The Morgan fingerprint density at radius 2 is 1.91 bits per heavy atom. The quantitative estimate of drug-likeness (QED) is 0.750. The largest absolute Gasteiger partial charge is 0.478 e. The van der Waals surface area contributed by atoms with Gasteiger partial charge >= 0.3 is 0 Å². The van der Waals surface area contributed by atoms with Gasteiger partial charge in [0.15, 0.2) is 29.4 Å². The predicted octanol–water partition coefficient (Wildman–Crippen LogP) is 2.63. The minimum atomic E-state index is -1.22. The maximum Gasteiger partial charge on any atom is 0.199 e. The Bertz CT molecular complexity index is 915. The Morgan fingerprint density at radius 1 is 1.17 bits per heavy atom. The molecule has 1 aliphatic heterocycles. The smallest absolute Gasteiger partial charge is 0.199 e. The number of hydrogen-bond donors (Lipinski definition) is 1. The molecule has 0 saturated heterocycles. The maximum atomic E-state index is 12.6. The fourth-order valence-corrected chi connectivity index (χ4v) is 3.01. The number of pyridine rings is 1. The molecular formula is C18H16N2O3. The standard InChI is InChI=1S/C18H16N2O3/c1-10-11(2)20-9-8-13-14(21)15(22)16(12-6-4-3-5-7-12)23-17(13)18(20)19-10/h3-9,15-16,22H,1-2H3/t15-,16+/m0/s1. The number of rotatable bonds is 1. The number of carbonyl (C=O) groups excluding carboxylic acids is 1. The van der Waals surface area contributed by atoms with Gasteiger partial charge in [-0.05, 0) is 25.5 Å². The zero-order valence-electron chi connectivity index (χ0n) is 12.9. The van der Waals surface area contributed by atoms with Crippen molar-refractivity contribution in [3.05, 3.63) is 65.1 Å². The van der Waals surface area contributed by atoms with E-state index in [2.05, 4.69) is 4.98 Å². The fraction of sp³-hybridized carbons (Fsp3) is 0.222. The van der Waals surface area contributed by atoms with Gasteiger partial charge in [-0.2, -0.15) is 0 Å². The molecule has 3 aromatic rings. The second-order valence-electron chi connectivity index (χ2n) is 5.79. The molecule has 116 valence electrons. The van der Waals surface area contributed by atoms with E-state index in [0.29, 0.717) is 17.0 Å². The number of aromatic nitrogens is 2. The summed E-state index contributed by atoms with van der Waals surface area (Å²) < 4.78 is 7.93. The van der Waals surface area contributed by atoms with Gasteiger partial charge in [0.1, 0.15) is 0 Å². The van der Waals surface area contributed by atoms with Crippen molar-refractivity contribution in [3.8, 4) is 5.75 Å². The zero-order valence-corrected chi connectivity index (χ0v) is 12.9. The third-order valence-electron chi connectivity index (χ3n) is 4.42. The molecule has 5 heteroatoms. The Balaban J connectivity index is 1.92. The van der Waals surface area contributed by atoms with Crippen LogP contribution < -0.4 is 4.74 Å². The summed E-state index contributed by atoms with van der Waals surface area (Å²) in [6.07, 6.45) is -0.149. The molecule has 23 heavy (non-hydrogen) atoms. The molecule has 0 bridgehead atoms. The van der Waals surface area contributed by atoms with Gasteiger partial charge in [-0.3, -0.25) is 4.79 Å².